The van der Waals surface area contributed by atoms with Crippen molar-refractivity contribution >= 4 is 55.2 Å². The Labute approximate surface area is 324 Å². The highest BCUT2D eigenvalue weighted by atomic mass is 32.2. The Hall–Kier alpha value is -5.31. The lowest BCUT2D eigenvalue weighted by Gasteiger charge is -2.29. The molecule has 2 saturated carbocycles. The summed E-state index contributed by atoms with van der Waals surface area (Å²) in [7, 11) is -2.29. The van der Waals surface area contributed by atoms with E-state index < -0.39 is 56.6 Å². The second kappa shape index (κ2) is 15.0. The minimum atomic E-state index is -3.87. The van der Waals surface area contributed by atoms with Gasteiger partial charge in [-0.25, -0.2) is 13.4 Å². The molecule has 1 saturated heterocycles. The fourth-order valence-corrected chi connectivity index (χ4v) is 9.56. The average Bonchev–Trinajstić information content (AvgIpc) is 4.08. The Morgan fingerprint density at radius 3 is 2.59 bits per heavy atom. The van der Waals surface area contributed by atoms with Crippen LogP contribution in [0.2, 0.25) is 0 Å². The molecule has 14 nitrogen and oxygen atoms in total. The number of allylic oxidation sites excluding steroid dienone is 2. The smallest absolute Gasteiger partial charge is 0.274 e. The lowest BCUT2D eigenvalue weighted by molar-refractivity contribution is -0.140. The van der Waals surface area contributed by atoms with Gasteiger partial charge in [0.1, 0.15) is 23.7 Å². The number of hydrogen-bond acceptors (Lipinski definition) is 11. The largest absolute Gasteiger partial charge is 0.497 e. The number of nitrogens with one attached hydrogen (secondary N) is 2. The first-order valence-corrected chi connectivity index (χ1v) is 20.8. The number of ether oxygens (including phenoxy) is 2. The number of sulfonamides is 1. The van der Waals surface area contributed by atoms with Crippen LogP contribution in [0, 0.1) is 18.3 Å². The summed E-state index contributed by atoms with van der Waals surface area (Å²) in [5, 5.41) is 8.57. The molecule has 0 radical (unpaired) electrons. The molecule has 4 aromatic rings. The minimum absolute atomic E-state index is 0.00321. The van der Waals surface area contributed by atoms with Gasteiger partial charge in [0.05, 0.1) is 35.9 Å². The zero-order valence-corrected chi connectivity index (χ0v) is 32.2. The zero-order chi connectivity index (χ0) is 39.2. The maximum Gasteiger partial charge on any atom is 0.274 e. The number of methoxy groups -OCH3 is 1. The van der Waals surface area contributed by atoms with Crippen LogP contribution in [0.3, 0.4) is 0 Å². The van der Waals surface area contributed by atoms with Crippen molar-refractivity contribution in [2.24, 2.45) is 11.3 Å². The molecule has 2 aromatic carbocycles. The van der Waals surface area contributed by atoms with E-state index in [9.17, 15) is 27.6 Å². The van der Waals surface area contributed by atoms with Crippen LogP contribution in [0.5, 0.6) is 11.6 Å². The topological polar surface area (TPSA) is 187 Å². The summed E-state index contributed by atoms with van der Waals surface area (Å²) >= 11 is 0. The highest BCUT2D eigenvalue weighted by Gasteiger charge is 2.61. The van der Waals surface area contributed by atoms with Crippen molar-refractivity contribution < 1.29 is 41.6 Å². The third-order valence-corrected chi connectivity index (χ3v) is 13.4. The summed E-state index contributed by atoms with van der Waals surface area (Å²) < 4.78 is 45.4. The normalized spacial score (nSPS) is 26.4. The van der Waals surface area contributed by atoms with Crippen molar-refractivity contribution in [2.45, 2.75) is 94.6 Å². The Kier molecular flexibility index (Phi) is 10.1. The standard InChI is InChI=1S/C41H45N5O9S/c1-24-18-34(44-55-24)37(48)42-33-13-7-5-3-4-6-10-25-21-41(25,40(50)45-56(51,52)28-15-16-28)22-36(47)35-20-27(23-46(35)39(33)49)54-38-31-19-26(53-2)14-17-29(31)30-11-8-9-12-32(30)43-38/h6,8-12,14,17-19,25,27-28,33,35H,3-5,7,13,15-16,20-23H2,1-2H3,(H,42,48)(H,45,50)/b10-6-/t25-,27-,33+,35+,41-/m1/s1. The Balaban J connectivity index is 1.14. The van der Waals surface area contributed by atoms with Gasteiger partial charge >= 0.3 is 0 Å². The molecule has 3 fully saturated rings. The van der Waals surface area contributed by atoms with Gasteiger partial charge in [-0.2, -0.15) is 0 Å². The fourth-order valence-electron chi connectivity index (χ4n) is 8.17. The summed E-state index contributed by atoms with van der Waals surface area (Å²) in [5.41, 5.74) is -0.535. The lowest BCUT2D eigenvalue weighted by atomic mass is 9.91. The molecule has 3 amide bonds. The molecule has 8 rings (SSSR count). The highest BCUT2D eigenvalue weighted by Crippen LogP contribution is 2.57. The second-order valence-electron chi connectivity index (χ2n) is 15.5. The van der Waals surface area contributed by atoms with Crippen molar-refractivity contribution in [3.05, 3.63) is 72.1 Å². The molecule has 0 bridgehead atoms. The van der Waals surface area contributed by atoms with Gasteiger partial charge in [-0.3, -0.25) is 23.9 Å². The number of benzene rings is 2. The van der Waals surface area contributed by atoms with Crippen molar-refractivity contribution in [1.29, 1.82) is 0 Å². The molecule has 2 aromatic heterocycles. The van der Waals surface area contributed by atoms with E-state index in [-0.39, 0.29) is 36.8 Å². The van der Waals surface area contributed by atoms with Crippen LogP contribution in [0.4, 0.5) is 0 Å². The minimum Gasteiger partial charge on any atom is -0.497 e. The monoisotopic (exact) mass is 783 g/mol. The number of hydrogen-bond donors (Lipinski definition) is 2. The number of nitrogens with zero attached hydrogens (tertiary/aromatic N) is 3. The van der Waals surface area contributed by atoms with Crippen molar-refractivity contribution in [2.75, 3.05) is 13.7 Å². The van der Waals surface area contributed by atoms with E-state index >= 15 is 0 Å². The summed E-state index contributed by atoms with van der Waals surface area (Å²) in [4.78, 5) is 62.8. The summed E-state index contributed by atoms with van der Waals surface area (Å²) in [6.45, 7) is 1.67. The van der Waals surface area contributed by atoms with Crippen LogP contribution >= 0.6 is 0 Å². The number of fused-ring (bicyclic) bond motifs is 5. The molecular formula is C41H45N5O9S. The molecule has 5 atom stereocenters. The lowest BCUT2D eigenvalue weighted by Crippen LogP contribution is -2.52. The summed E-state index contributed by atoms with van der Waals surface area (Å²) in [6, 6.07) is 12.8. The zero-order valence-electron chi connectivity index (χ0n) is 31.4. The van der Waals surface area contributed by atoms with E-state index in [1.165, 1.54) is 11.0 Å². The Bertz CT molecular complexity index is 2360. The predicted molar refractivity (Wildman–Crippen MR) is 205 cm³/mol. The molecule has 15 heteroatoms. The number of carbonyl (C=O) groups is 4. The average molecular weight is 784 g/mol. The maximum atomic E-state index is 14.7. The number of aryl methyl sites for hydroxylation is 1. The fraction of sp³-hybridized carbons (Fsp3) is 0.463. The van der Waals surface area contributed by atoms with Crippen LogP contribution in [0.1, 0.15) is 80.5 Å². The first kappa shape index (κ1) is 37.6. The maximum absolute atomic E-state index is 14.7. The number of ketones is 1. The quantitative estimate of drug-likeness (QED) is 0.182. The van der Waals surface area contributed by atoms with Gasteiger partial charge in [-0.15, -0.1) is 0 Å². The summed E-state index contributed by atoms with van der Waals surface area (Å²) in [6.07, 6.45) is 7.54. The number of rotatable bonds is 8. The predicted octanol–water partition coefficient (Wildman–Crippen LogP) is 4.93. The SMILES string of the molecule is COc1ccc2c(c1)c(O[C@@H]1C[C@H]3C(=O)C[C@]4(C(=O)NS(=O)(=O)C5CC5)C[C@H]4/C=C\CCCCC[C@H](NC(=O)c4cc(C)on4)C(=O)N3C1)nc1ccccc12. The van der Waals surface area contributed by atoms with Crippen molar-refractivity contribution in [1.82, 2.24) is 25.1 Å². The molecule has 0 unspecified atom stereocenters. The van der Waals surface area contributed by atoms with Gasteiger partial charge < -0.3 is 24.2 Å². The van der Waals surface area contributed by atoms with E-state index in [0.29, 0.717) is 66.8 Å². The van der Waals surface area contributed by atoms with Crippen LogP contribution in [-0.2, 0) is 24.4 Å². The van der Waals surface area contributed by atoms with Gasteiger partial charge in [0.2, 0.25) is 27.7 Å². The molecule has 2 N–H and O–H groups in total. The van der Waals surface area contributed by atoms with E-state index in [0.717, 1.165) is 23.6 Å². The van der Waals surface area contributed by atoms with Crippen LogP contribution in [0.25, 0.3) is 21.7 Å². The van der Waals surface area contributed by atoms with Crippen molar-refractivity contribution in [3.63, 3.8) is 0 Å². The second-order valence-corrected chi connectivity index (χ2v) is 17.5. The van der Waals surface area contributed by atoms with Gasteiger partial charge in [0.15, 0.2) is 11.5 Å². The molecule has 2 aliphatic carbocycles. The molecule has 294 valence electrons. The van der Waals surface area contributed by atoms with E-state index in [1.807, 2.05) is 54.6 Å². The molecule has 4 heterocycles. The Morgan fingerprint density at radius 1 is 1.00 bits per heavy atom. The van der Waals surface area contributed by atoms with Gasteiger partial charge in [-0.1, -0.05) is 48.3 Å². The molecular weight excluding hydrogens is 739 g/mol. The van der Waals surface area contributed by atoms with E-state index in [4.69, 9.17) is 19.0 Å². The summed E-state index contributed by atoms with van der Waals surface area (Å²) in [5.74, 6) is -1.09. The molecule has 0 spiro atoms. The van der Waals surface area contributed by atoms with Gasteiger partial charge in [0.25, 0.3) is 5.91 Å². The van der Waals surface area contributed by atoms with Crippen molar-refractivity contribution in [3.8, 4) is 11.6 Å². The molecule has 2 aliphatic heterocycles. The molecule has 56 heavy (non-hydrogen) atoms. The highest BCUT2D eigenvalue weighted by molar-refractivity contribution is 7.90. The third kappa shape index (κ3) is 7.48. The Morgan fingerprint density at radius 2 is 1.82 bits per heavy atom. The van der Waals surface area contributed by atoms with E-state index in [1.54, 1.807) is 14.0 Å². The first-order chi connectivity index (χ1) is 27.0. The third-order valence-electron chi connectivity index (χ3n) is 11.5. The number of para-hydroxylation sites is 1. The number of aromatic nitrogens is 2. The van der Waals surface area contributed by atoms with Gasteiger partial charge in [-0.05, 0) is 81.0 Å². The number of carbonyl (C=O) groups excluding carboxylic acids is 4. The first-order valence-electron chi connectivity index (χ1n) is 19.3. The van der Waals surface area contributed by atoms with E-state index in [2.05, 4.69) is 15.2 Å². The number of pyridine rings is 1. The van der Waals surface area contributed by atoms with Crippen LogP contribution < -0.4 is 19.5 Å². The van der Waals surface area contributed by atoms with Crippen LogP contribution in [0.15, 0.2) is 65.2 Å². The van der Waals surface area contributed by atoms with Crippen LogP contribution in [-0.4, -0.2) is 84.1 Å². The number of amides is 3. The number of Topliss-reactive ketones (excluding diaryl/α,β-unsaturated/α-hetero) is 1. The molecule has 4 aliphatic rings. The van der Waals surface area contributed by atoms with Gasteiger partial charge in [0, 0.05) is 29.7 Å².